The maximum Gasteiger partial charge on any atom is 0.323 e. The number of aromatic nitrogens is 3. The molecule has 11 nitrogen and oxygen atoms in total. The Morgan fingerprint density at radius 3 is 2.00 bits per heavy atom. The summed E-state index contributed by atoms with van der Waals surface area (Å²) >= 11 is 0. The van der Waals surface area contributed by atoms with Crippen molar-refractivity contribution in [1.29, 1.82) is 0 Å². The quantitative estimate of drug-likeness (QED) is 0.669. The first-order valence-corrected chi connectivity index (χ1v) is 10.0. The summed E-state index contributed by atoms with van der Waals surface area (Å²) in [6, 6.07) is 0.183. The van der Waals surface area contributed by atoms with Crippen LogP contribution in [0.3, 0.4) is 0 Å². The van der Waals surface area contributed by atoms with Crippen LogP contribution in [0.1, 0.15) is 27.7 Å². The van der Waals surface area contributed by atoms with Gasteiger partial charge in [0, 0.05) is 28.2 Å². The van der Waals surface area contributed by atoms with Gasteiger partial charge in [0.1, 0.15) is 12.2 Å². The van der Waals surface area contributed by atoms with Crippen molar-refractivity contribution in [3.8, 4) is 6.01 Å². The van der Waals surface area contributed by atoms with Crippen molar-refractivity contribution >= 4 is 11.9 Å². The van der Waals surface area contributed by atoms with Crippen LogP contribution in [-0.2, 0) is 23.7 Å². The van der Waals surface area contributed by atoms with E-state index in [2.05, 4.69) is 15.0 Å². The van der Waals surface area contributed by atoms with Gasteiger partial charge < -0.3 is 38.2 Å². The van der Waals surface area contributed by atoms with Gasteiger partial charge in [-0.3, -0.25) is 0 Å². The number of hydrogen-bond donors (Lipinski definition) is 0. The van der Waals surface area contributed by atoms with Crippen LogP contribution in [0.4, 0.5) is 11.9 Å². The highest BCUT2D eigenvalue weighted by molar-refractivity contribution is 5.38. The van der Waals surface area contributed by atoms with E-state index in [1.165, 1.54) is 0 Å². The van der Waals surface area contributed by atoms with Crippen molar-refractivity contribution in [1.82, 2.24) is 15.0 Å². The van der Waals surface area contributed by atoms with E-state index in [1.54, 1.807) is 9.80 Å². The molecule has 1 aromatic rings. The van der Waals surface area contributed by atoms with Gasteiger partial charge in [-0.1, -0.05) is 0 Å². The number of ether oxygens (including phenoxy) is 6. The largest absolute Gasteiger partial charge is 0.454 e. The fourth-order valence-electron chi connectivity index (χ4n) is 3.72. The minimum absolute atomic E-state index is 0.183. The van der Waals surface area contributed by atoms with Crippen LogP contribution in [-0.4, -0.2) is 92.0 Å². The minimum atomic E-state index is -0.781. The first kappa shape index (κ1) is 21.4. The Hall–Kier alpha value is -1.79. The maximum atomic E-state index is 6.28. The molecule has 0 N–H and O–H groups in total. The molecule has 0 saturated carbocycles. The van der Waals surface area contributed by atoms with Crippen molar-refractivity contribution in [2.75, 3.05) is 44.6 Å². The average molecular weight is 425 g/mol. The topological polar surface area (TPSA) is 101 Å². The van der Waals surface area contributed by atoms with Crippen LogP contribution in [0.5, 0.6) is 6.01 Å². The van der Waals surface area contributed by atoms with Gasteiger partial charge in [-0.25, -0.2) is 0 Å². The SMILES string of the molecule is CN(C)c1nc(O[C@@H]2[C@H]3OC(C)(C)O[C@@H]3O[C@@H]2[C@H]2COC(C)(C)O2)nc(N(C)C)n1. The Bertz CT molecular complexity index is 762. The molecule has 0 bridgehead atoms. The molecule has 168 valence electrons. The Labute approximate surface area is 176 Å². The van der Waals surface area contributed by atoms with Crippen LogP contribution in [0.15, 0.2) is 0 Å². The number of nitrogens with zero attached hydrogens (tertiary/aromatic N) is 5. The zero-order valence-electron chi connectivity index (χ0n) is 18.8. The molecule has 0 unspecified atom stereocenters. The van der Waals surface area contributed by atoms with E-state index in [1.807, 2.05) is 55.9 Å². The molecule has 1 aromatic heterocycles. The normalized spacial score (nSPS) is 34.1. The predicted molar refractivity (Wildman–Crippen MR) is 106 cm³/mol. The standard InChI is InChI=1S/C19H31N5O6/c1-18(2)25-9-10(28-18)11-12(13-14(26-11)30-19(3,4)29-13)27-17-21-15(23(5)6)20-16(22-17)24(7)8/h10-14H,9H2,1-8H3/t10-,11-,12+,13-,14+/m1/s1. The molecule has 30 heavy (non-hydrogen) atoms. The van der Waals surface area contributed by atoms with E-state index in [9.17, 15) is 0 Å². The van der Waals surface area contributed by atoms with Gasteiger partial charge in [0.15, 0.2) is 30.1 Å². The van der Waals surface area contributed by atoms with E-state index in [0.717, 1.165) is 0 Å². The second kappa shape index (κ2) is 7.41. The highest BCUT2D eigenvalue weighted by Crippen LogP contribution is 2.42. The molecule has 0 radical (unpaired) electrons. The van der Waals surface area contributed by atoms with Crippen molar-refractivity contribution in [3.63, 3.8) is 0 Å². The zero-order valence-corrected chi connectivity index (χ0v) is 18.8. The van der Waals surface area contributed by atoms with Crippen LogP contribution >= 0.6 is 0 Å². The molecule has 3 fully saturated rings. The zero-order chi connectivity index (χ0) is 21.8. The summed E-state index contributed by atoms with van der Waals surface area (Å²) in [4.78, 5) is 16.9. The van der Waals surface area contributed by atoms with Gasteiger partial charge in [0.05, 0.1) is 6.61 Å². The third-order valence-corrected chi connectivity index (χ3v) is 5.06. The molecule has 3 aliphatic heterocycles. The molecule has 0 amide bonds. The molecule has 0 aromatic carbocycles. The lowest BCUT2D eigenvalue weighted by atomic mass is 10.1. The molecule has 0 aliphatic carbocycles. The third kappa shape index (κ3) is 4.17. The van der Waals surface area contributed by atoms with Crippen molar-refractivity contribution < 1.29 is 28.4 Å². The Morgan fingerprint density at radius 2 is 1.47 bits per heavy atom. The van der Waals surface area contributed by atoms with E-state index in [4.69, 9.17) is 28.4 Å². The van der Waals surface area contributed by atoms with Gasteiger partial charge in [-0.2, -0.15) is 15.0 Å². The number of hydrogen-bond acceptors (Lipinski definition) is 11. The second-order valence-corrected chi connectivity index (χ2v) is 9.03. The van der Waals surface area contributed by atoms with E-state index >= 15 is 0 Å². The minimum Gasteiger partial charge on any atom is -0.454 e. The summed E-state index contributed by atoms with van der Waals surface area (Å²) in [5.74, 6) is -0.500. The van der Waals surface area contributed by atoms with Crippen LogP contribution < -0.4 is 14.5 Å². The van der Waals surface area contributed by atoms with Crippen LogP contribution in [0.2, 0.25) is 0 Å². The van der Waals surface area contributed by atoms with Crippen LogP contribution in [0, 0.1) is 0 Å². The fraction of sp³-hybridized carbons (Fsp3) is 0.842. The van der Waals surface area contributed by atoms with E-state index in [0.29, 0.717) is 18.5 Å². The van der Waals surface area contributed by atoms with Gasteiger partial charge >= 0.3 is 6.01 Å². The molecule has 4 heterocycles. The summed E-state index contributed by atoms with van der Waals surface area (Å²) in [6.45, 7) is 7.80. The summed E-state index contributed by atoms with van der Waals surface area (Å²) in [6.07, 6.45) is -2.40. The highest BCUT2D eigenvalue weighted by atomic mass is 16.8. The fourth-order valence-corrected chi connectivity index (χ4v) is 3.72. The molecule has 11 heteroatoms. The molecule has 3 saturated heterocycles. The van der Waals surface area contributed by atoms with Gasteiger partial charge in [-0.15, -0.1) is 0 Å². The van der Waals surface area contributed by atoms with Gasteiger partial charge in [-0.05, 0) is 27.7 Å². The summed E-state index contributed by atoms with van der Waals surface area (Å²) in [7, 11) is 7.44. The lowest BCUT2D eigenvalue weighted by molar-refractivity contribution is -0.230. The van der Waals surface area contributed by atoms with Gasteiger partial charge in [0.2, 0.25) is 11.9 Å². The summed E-state index contributed by atoms with van der Waals surface area (Å²) in [5.41, 5.74) is 0. The monoisotopic (exact) mass is 425 g/mol. The van der Waals surface area contributed by atoms with E-state index in [-0.39, 0.29) is 12.1 Å². The molecular formula is C19H31N5O6. The highest BCUT2D eigenvalue weighted by Gasteiger charge is 2.59. The van der Waals surface area contributed by atoms with Gasteiger partial charge in [0.25, 0.3) is 0 Å². The van der Waals surface area contributed by atoms with Crippen molar-refractivity contribution in [3.05, 3.63) is 0 Å². The van der Waals surface area contributed by atoms with Crippen LogP contribution in [0.25, 0.3) is 0 Å². The predicted octanol–water partition coefficient (Wildman–Crippen LogP) is 0.779. The maximum absolute atomic E-state index is 6.28. The smallest absolute Gasteiger partial charge is 0.323 e. The lowest BCUT2D eigenvalue weighted by Gasteiger charge is -2.29. The molecule has 5 atom stereocenters. The Kier molecular flexibility index (Phi) is 5.30. The number of anilines is 2. The Morgan fingerprint density at radius 1 is 0.833 bits per heavy atom. The second-order valence-electron chi connectivity index (χ2n) is 9.03. The average Bonchev–Trinajstić information content (AvgIpc) is 3.24. The molecule has 4 rings (SSSR count). The first-order chi connectivity index (χ1) is 13.9. The number of rotatable bonds is 5. The Balaban J connectivity index is 1.63. The molecule has 0 spiro atoms. The third-order valence-electron chi connectivity index (χ3n) is 5.06. The molecule has 3 aliphatic rings. The lowest BCUT2D eigenvalue weighted by Crippen LogP contribution is -2.46. The summed E-state index contributed by atoms with van der Waals surface area (Å²) in [5, 5.41) is 0. The van der Waals surface area contributed by atoms with Crippen molar-refractivity contribution in [2.24, 2.45) is 0 Å². The summed E-state index contributed by atoms with van der Waals surface area (Å²) < 4.78 is 36.2. The molecular weight excluding hydrogens is 394 g/mol. The first-order valence-electron chi connectivity index (χ1n) is 10.0. The number of fused-ring (bicyclic) bond motifs is 1. The van der Waals surface area contributed by atoms with E-state index < -0.39 is 36.2 Å². The van der Waals surface area contributed by atoms with Crippen molar-refractivity contribution in [2.45, 2.75) is 70.0 Å².